The molecule has 3 nitrogen and oxygen atoms in total. The second-order valence-electron chi connectivity index (χ2n) is 6.26. The molecule has 3 heteroatoms. The molecule has 0 heterocycles. The first-order valence-corrected chi connectivity index (χ1v) is 8.19. The largest absolute Gasteiger partial charge is 0.497 e. The van der Waals surface area contributed by atoms with Crippen molar-refractivity contribution in [3.8, 4) is 5.75 Å². The molecular weight excluding hydrogens is 262 g/mol. The minimum Gasteiger partial charge on any atom is -0.497 e. The summed E-state index contributed by atoms with van der Waals surface area (Å²) in [5.41, 5.74) is 2.83. The molecule has 2 rings (SSSR count). The molecule has 0 spiro atoms. The van der Waals surface area contributed by atoms with Gasteiger partial charge in [-0.15, -0.1) is 0 Å². The maximum Gasteiger partial charge on any atom is 0.119 e. The van der Waals surface area contributed by atoms with E-state index in [4.69, 9.17) is 4.74 Å². The van der Waals surface area contributed by atoms with E-state index >= 15 is 0 Å². The normalized spacial score (nSPS) is 18.4. The molecule has 118 valence electrons. The van der Waals surface area contributed by atoms with Gasteiger partial charge in [0.25, 0.3) is 0 Å². The number of aliphatic hydroxyl groups is 1. The van der Waals surface area contributed by atoms with Crippen molar-refractivity contribution in [1.29, 1.82) is 0 Å². The Balaban J connectivity index is 2.10. The van der Waals surface area contributed by atoms with Crippen LogP contribution in [0.1, 0.15) is 56.7 Å². The zero-order valence-electron chi connectivity index (χ0n) is 13.6. The quantitative estimate of drug-likeness (QED) is 0.808. The summed E-state index contributed by atoms with van der Waals surface area (Å²) in [6, 6.07) is 6.83. The van der Waals surface area contributed by atoms with Crippen LogP contribution in [-0.4, -0.2) is 25.4 Å². The molecule has 0 aliphatic heterocycles. The minimum absolute atomic E-state index is 0.0179. The fraction of sp³-hybridized carbons (Fsp3) is 0.667. The molecular formula is C18H29NO2. The number of hydrogen-bond donors (Lipinski definition) is 2. The Bertz CT molecular complexity index is 446. The van der Waals surface area contributed by atoms with Crippen molar-refractivity contribution in [1.82, 2.24) is 5.32 Å². The van der Waals surface area contributed by atoms with E-state index in [9.17, 15) is 5.11 Å². The van der Waals surface area contributed by atoms with Gasteiger partial charge >= 0.3 is 0 Å². The molecule has 1 aromatic carbocycles. The minimum atomic E-state index is 0.0179. The third kappa shape index (κ3) is 3.58. The van der Waals surface area contributed by atoms with Gasteiger partial charge in [0, 0.05) is 24.6 Å². The van der Waals surface area contributed by atoms with Crippen LogP contribution in [0.3, 0.4) is 0 Å². The number of aliphatic hydroxyl groups excluding tert-OH is 1. The number of benzene rings is 1. The fourth-order valence-corrected chi connectivity index (χ4v) is 3.25. The van der Waals surface area contributed by atoms with Crippen LogP contribution in [0.15, 0.2) is 18.2 Å². The Morgan fingerprint density at radius 1 is 1.33 bits per heavy atom. The van der Waals surface area contributed by atoms with Gasteiger partial charge in [0.05, 0.1) is 7.11 Å². The maximum atomic E-state index is 9.71. The molecule has 1 aromatic rings. The van der Waals surface area contributed by atoms with Crippen LogP contribution in [0.25, 0.3) is 0 Å². The Morgan fingerprint density at radius 2 is 2.10 bits per heavy atom. The van der Waals surface area contributed by atoms with Gasteiger partial charge in [-0.2, -0.15) is 0 Å². The lowest BCUT2D eigenvalue weighted by Crippen LogP contribution is -2.39. The maximum absolute atomic E-state index is 9.71. The molecule has 0 fully saturated rings. The third-order valence-corrected chi connectivity index (χ3v) is 5.22. The van der Waals surface area contributed by atoms with Gasteiger partial charge in [-0.25, -0.2) is 0 Å². The summed E-state index contributed by atoms with van der Waals surface area (Å²) in [5.74, 6) is 0.946. The van der Waals surface area contributed by atoms with Crippen LogP contribution in [0.2, 0.25) is 0 Å². The molecule has 2 N–H and O–H groups in total. The molecule has 0 saturated heterocycles. The molecule has 21 heavy (non-hydrogen) atoms. The molecule has 0 bridgehead atoms. The highest BCUT2D eigenvalue weighted by atomic mass is 16.5. The first kappa shape index (κ1) is 16.3. The van der Waals surface area contributed by atoms with Gasteiger partial charge < -0.3 is 15.2 Å². The predicted octanol–water partition coefficient (Wildman–Crippen LogP) is 3.46. The number of hydrogen-bond acceptors (Lipinski definition) is 3. The van der Waals surface area contributed by atoms with E-state index in [0.29, 0.717) is 6.04 Å². The third-order valence-electron chi connectivity index (χ3n) is 5.22. The van der Waals surface area contributed by atoms with Crippen LogP contribution in [0.4, 0.5) is 0 Å². The van der Waals surface area contributed by atoms with E-state index in [1.54, 1.807) is 7.11 Å². The Labute approximate surface area is 128 Å². The van der Waals surface area contributed by atoms with Crippen molar-refractivity contribution < 1.29 is 9.84 Å². The van der Waals surface area contributed by atoms with Gasteiger partial charge in [-0.05, 0) is 55.4 Å². The van der Waals surface area contributed by atoms with E-state index < -0.39 is 0 Å². The Hall–Kier alpha value is -1.06. The summed E-state index contributed by atoms with van der Waals surface area (Å²) in [4.78, 5) is 0. The number of aryl methyl sites for hydroxylation is 1. The van der Waals surface area contributed by atoms with Gasteiger partial charge in [0.1, 0.15) is 5.75 Å². The lowest BCUT2D eigenvalue weighted by molar-refractivity contribution is 0.109. The molecule has 1 atom stereocenters. The van der Waals surface area contributed by atoms with E-state index in [2.05, 4.69) is 37.4 Å². The fourth-order valence-electron chi connectivity index (χ4n) is 3.25. The Morgan fingerprint density at radius 3 is 2.71 bits per heavy atom. The number of nitrogens with one attached hydrogen (secondary N) is 1. The molecule has 1 aliphatic carbocycles. The zero-order chi connectivity index (χ0) is 15.3. The second kappa shape index (κ2) is 7.28. The van der Waals surface area contributed by atoms with Crippen molar-refractivity contribution in [3.05, 3.63) is 29.3 Å². The summed E-state index contributed by atoms with van der Waals surface area (Å²) in [6.45, 7) is 5.48. The summed E-state index contributed by atoms with van der Waals surface area (Å²) >= 11 is 0. The predicted molar refractivity (Wildman–Crippen MR) is 86.8 cm³/mol. The van der Waals surface area contributed by atoms with E-state index in [1.165, 1.54) is 24.0 Å². The van der Waals surface area contributed by atoms with Gasteiger partial charge in [-0.1, -0.05) is 19.9 Å². The van der Waals surface area contributed by atoms with Crippen LogP contribution in [0.5, 0.6) is 5.75 Å². The number of rotatable bonds is 7. The highest BCUT2D eigenvalue weighted by Gasteiger charge is 2.28. The highest BCUT2D eigenvalue weighted by molar-refractivity contribution is 5.39. The van der Waals surface area contributed by atoms with Gasteiger partial charge in [0.2, 0.25) is 0 Å². The lowest BCUT2D eigenvalue weighted by Gasteiger charge is -2.34. The van der Waals surface area contributed by atoms with Crippen molar-refractivity contribution >= 4 is 0 Å². The Kier molecular flexibility index (Phi) is 5.65. The van der Waals surface area contributed by atoms with Crippen molar-refractivity contribution in [2.24, 2.45) is 5.41 Å². The van der Waals surface area contributed by atoms with E-state index in [1.807, 2.05) is 0 Å². The molecule has 1 unspecified atom stereocenters. The average Bonchev–Trinajstić information content (AvgIpc) is 2.56. The van der Waals surface area contributed by atoms with E-state index in [0.717, 1.165) is 31.6 Å². The van der Waals surface area contributed by atoms with Crippen LogP contribution in [-0.2, 0) is 6.42 Å². The van der Waals surface area contributed by atoms with Crippen LogP contribution >= 0.6 is 0 Å². The summed E-state index contributed by atoms with van der Waals surface area (Å²) in [7, 11) is 1.72. The van der Waals surface area contributed by atoms with E-state index in [-0.39, 0.29) is 12.0 Å². The number of ether oxygens (including phenoxy) is 1. The molecule has 0 aromatic heterocycles. The van der Waals surface area contributed by atoms with Crippen LogP contribution < -0.4 is 10.1 Å². The number of fused-ring (bicyclic) bond motifs is 1. The monoisotopic (exact) mass is 291 g/mol. The first-order valence-electron chi connectivity index (χ1n) is 8.19. The van der Waals surface area contributed by atoms with Crippen LogP contribution in [0, 0.1) is 5.41 Å². The molecule has 0 radical (unpaired) electrons. The van der Waals surface area contributed by atoms with Crippen molar-refractivity contribution in [3.63, 3.8) is 0 Å². The van der Waals surface area contributed by atoms with Crippen molar-refractivity contribution in [2.75, 3.05) is 20.3 Å². The smallest absolute Gasteiger partial charge is 0.119 e. The molecule has 0 saturated carbocycles. The average molecular weight is 291 g/mol. The molecule has 1 aliphatic rings. The topological polar surface area (TPSA) is 41.5 Å². The first-order chi connectivity index (χ1) is 10.2. The molecule has 0 amide bonds. The summed E-state index contributed by atoms with van der Waals surface area (Å²) < 4.78 is 5.33. The SMILES string of the molecule is CCC(CC)(CO)CNC1CCCc2cc(OC)ccc21. The summed E-state index contributed by atoms with van der Waals surface area (Å²) in [5, 5.41) is 13.4. The van der Waals surface area contributed by atoms with Gasteiger partial charge in [0.15, 0.2) is 0 Å². The van der Waals surface area contributed by atoms with Crippen molar-refractivity contribution in [2.45, 2.75) is 52.0 Å². The summed E-state index contributed by atoms with van der Waals surface area (Å²) in [6.07, 6.45) is 5.54. The second-order valence-corrected chi connectivity index (χ2v) is 6.26. The standard InChI is InChI=1S/C18H29NO2/c1-4-18(5-2,13-20)12-19-17-8-6-7-14-11-15(21-3)9-10-16(14)17/h9-11,17,19-20H,4-8,12-13H2,1-3H3. The lowest BCUT2D eigenvalue weighted by atomic mass is 9.81. The highest BCUT2D eigenvalue weighted by Crippen LogP contribution is 2.33. The zero-order valence-corrected chi connectivity index (χ0v) is 13.6. The van der Waals surface area contributed by atoms with Gasteiger partial charge in [-0.3, -0.25) is 0 Å². The number of methoxy groups -OCH3 is 1.